The standard InChI is InChI=1S/C25H29FN4O3/c1-5-33-23(31)14-13-17-9-8-10-18(15-17)30-22(16-21(29-30)25(2,3)4)28-24(32)27-20-12-7-6-11-19(20)26/h6-12,15-16H,5,13-14H2,1-4H3,(H2,27,28,32). The molecule has 7 nitrogen and oxygen atoms in total. The number of anilines is 2. The van der Waals surface area contributed by atoms with Gasteiger partial charge >= 0.3 is 12.0 Å². The zero-order valence-electron chi connectivity index (χ0n) is 19.3. The Bertz CT molecular complexity index is 1130. The minimum atomic E-state index is -0.583. The maximum absolute atomic E-state index is 13.9. The van der Waals surface area contributed by atoms with Crippen molar-refractivity contribution in [3.8, 4) is 5.69 Å². The van der Waals surface area contributed by atoms with Gasteiger partial charge in [0.2, 0.25) is 0 Å². The molecule has 3 rings (SSSR count). The van der Waals surface area contributed by atoms with E-state index in [0.29, 0.717) is 18.8 Å². The third-order valence-electron chi connectivity index (χ3n) is 4.92. The van der Waals surface area contributed by atoms with Crippen LogP contribution in [0.5, 0.6) is 0 Å². The highest BCUT2D eigenvalue weighted by Gasteiger charge is 2.22. The van der Waals surface area contributed by atoms with Gasteiger partial charge in [-0.1, -0.05) is 45.0 Å². The van der Waals surface area contributed by atoms with Gasteiger partial charge in [-0.15, -0.1) is 0 Å². The van der Waals surface area contributed by atoms with Gasteiger partial charge in [0.15, 0.2) is 0 Å². The predicted octanol–water partition coefficient (Wildman–Crippen LogP) is 5.45. The second-order valence-electron chi connectivity index (χ2n) is 8.61. The molecule has 174 valence electrons. The van der Waals surface area contributed by atoms with Gasteiger partial charge in [0.05, 0.1) is 23.7 Å². The third kappa shape index (κ3) is 6.41. The van der Waals surface area contributed by atoms with Crippen LogP contribution in [0, 0.1) is 5.82 Å². The van der Waals surface area contributed by atoms with Crippen LogP contribution in [0.25, 0.3) is 5.69 Å². The highest BCUT2D eigenvalue weighted by Crippen LogP contribution is 2.27. The van der Waals surface area contributed by atoms with Gasteiger partial charge in [0.25, 0.3) is 0 Å². The average molecular weight is 453 g/mol. The number of aryl methyl sites for hydroxylation is 1. The van der Waals surface area contributed by atoms with Crippen molar-refractivity contribution < 1.29 is 18.7 Å². The number of rotatable bonds is 7. The van der Waals surface area contributed by atoms with Crippen LogP contribution >= 0.6 is 0 Å². The van der Waals surface area contributed by atoms with E-state index in [1.807, 2.05) is 45.0 Å². The largest absolute Gasteiger partial charge is 0.466 e. The minimum Gasteiger partial charge on any atom is -0.466 e. The molecule has 3 aromatic rings. The number of hydrogen-bond donors (Lipinski definition) is 2. The van der Waals surface area contributed by atoms with Crippen LogP contribution in [0.1, 0.15) is 45.4 Å². The summed E-state index contributed by atoms with van der Waals surface area (Å²) in [5, 5.41) is 10.0. The summed E-state index contributed by atoms with van der Waals surface area (Å²) < 4.78 is 20.6. The van der Waals surface area contributed by atoms with E-state index in [9.17, 15) is 14.0 Å². The Morgan fingerprint density at radius 3 is 2.52 bits per heavy atom. The molecule has 0 fully saturated rings. The Morgan fingerprint density at radius 2 is 1.82 bits per heavy atom. The Morgan fingerprint density at radius 1 is 1.06 bits per heavy atom. The van der Waals surface area contributed by atoms with E-state index in [-0.39, 0.29) is 23.5 Å². The van der Waals surface area contributed by atoms with Crippen LogP contribution in [0.2, 0.25) is 0 Å². The van der Waals surface area contributed by atoms with E-state index in [1.165, 1.54) is 12.1 Å². The lowest BCUT2D eigenvalue weighted by molar-refractivity contribution is -0.143. The van der Waals surface area contributed by atoms with Crippen molar-refractivity contribution in [3.05, 3.63) is 71.7 Å². The number of urea groups is 1. The molecule has 0 bridgehead atoms. The van der Waals surface area contributed by atoms with Crippen molar-refractivity contribution in [1.29, 1.82) is 0 Å². The second kappa shape index (κ2) is 10.3. The summed E-state index contributed by atoms with van der Waals surface area (Å²) in [6.07, 6.45) is 0.802. The van der Waals surface area contributed by atoms with Crippen LogP contribution < -0.4 is 10.6 Å². The number of carbonyl (C=O) groups is 2. The zero-order valence-corrected chi connectivity index (χ0v) is 19.3. The molecular weight excluding hydrogens is 423 g/mol. The molecule has 33 heavy (non-hydrogen) atoms. The molecule has 0 aliphatic heterocycles. The first-order chi connectivity index (χ1) is 15.7. The van der Waals surface area contributed by atoms with E-state index in [1.54, 1.807) is 29.8 Å². The monoisotopic (exact) mass is 452 g/mol. The van der Waals surface area contributed by atoms with Gasteiger partial charge in [0.1, 0.15) is 11.6 Å². The molecular formula is C25H29FN4O3. The number of carbonyl (C=O) groups excluding carboxylic acids is 2. The van der Waals surface area contributed by atoms with Crippen LogP contribution in [-0.4, -0.2) is 28.4 Å². The van der Waals surface area contributed by atoms with Crippen molar-refractivity contribution in [3.63, 3.8) is 0 Å². The van der Waals surface area contributed by atoms with E-state index in [4.69, 9.17) is 9.84 Å². The molecule has 0 spiro atoms. The summed E-state index contributed by atoms with van der Waals surface area (Å²) in [6.45, 7) is 8.21. The molecule has 0 atom stereocenters. The van der Waals surface area contributed by atoms with Gasteiger partial charge in [-0.3, -0.25) is 10.1 Å². The van der Waals surface area contributed by atoms with Gasteiger partial charge in [-0.25, -0.2) is 13.9 Å². The van der Waals surface area contributed by atoms with Crippen molar-refractivity contribution in [2.24, 2.45) is 0 Å². The number of benzene rings is 2. The fourth-order valence-electron chi connectivity index (χ4n) is 3.19. The summed E-state index contributed by atoms with van der Waals surface area (Å²) in [5.41, 5.74) is 2.27. The third-order valence-corrected chi connectivity index (χ3v) is 4.92. The van der Waals surface area contributed by atoms with Crippen LogP contribution in [0.4, 0.5) is 20.7 Å². The molecule has 2 aromatic carbocycles. The zero-order chi connectivity index (χ0) is 24.0. The lowest BCUT2D eigenvalue weighted by Crippen LogP contribution is -2.21. The minimum absolute atomic E-state index is 0.0815. The van der Waals surface area contributed by atoms with Crippen LogP contribution in [-0.2, 0) is 21.4 Å². The first-order valence-electron chi connectivity index (χ1n) is 10.9. The number of para-hydroxylation sites is 1. The van der Waals surface area contributed by atoms with E-state index in [0.717, 1.165) is 16.9 Å². The van der Waals surface area contributed by atoms with Gasteiger partial charge in [0, 0.05) is 17.9 Å². The molecule has 8 heteroatoms. The van der Waals surface area contributed by atoms with Crippen molar-refractivity contribution in [2.45, 2.75) is 46.0 Å². The maximum Gasteiger partial charge on any atom is 0.324 e. The lowest BCUT2D eigenvalue weighted by Gasteiger charge is -2.14. The smallest absolute Gasteiger partial charge is 0.324 e. The summed E-state index contributed by atoms with van der Waals surface area (Å²) >= 11 is 0. The molecule has 2 N–H and O–H groups in total. The molecule has 0 radical (unpaired) electrons. The van der Waals surface area contributed by atoms with E-state index in [2.05, 4.69) is 10.6 Å². The van der Waals surface area contributed by atoms with Crippen molar-refractivity contribution in [2.75, 3.05) is 17.2 Å². The van der Waals surface area contributed by atoms with Crippen molar-refractivity contribution >= 4 is 23.5 Å². The highest BCUT2D eigenvalue weighted by atomic mass is 19.1. The number of hydrogen-bond acceptors (Lipinski definition) is 4. The topological polar surface area (TPSA) is 85.2 Å². The maximum atomic E-state index is 13.9. The SMILES string of the molecule is CCOC(=O)CCc1cccc(-n2nc(C(C)(C)C)cc2NC(=O)Nc2ccccc2F)c1. The molecule has 0 saturated heterocycles. The quantitative estimate of drug-likeness (QED) is 0.467. The second-order valence-corrected chi connectivity index (χ2v) is 8.61. The van der Waals surface area contributed by atoms with Crippen LogP contribution in [0.15, 0.2) is 54.6 Å². The predicted molar refractivity (Wildman–Crippen MR) is 126 cm³/mol. The molecule has 0 unspecified atom stereocenters. The summed E-state index contributed by atoms with van der Waals surface area (Å²) in [5.74, 6) is -0.327. The Kier molecular flexibility index (Phi) is 7.48. The molecule has 0 aliphatic rings. The molecule has 2 amide bonds. The lowest BCUT2D eigenvalue weighted by atomic mass is 9.92. The summed E-state index contributed by atoms with van der Waals surface area (Å²) in [7, 11) is 0. The first kappa shape index (κ1) is 24.0. The fourth-order valence-corrected chi connectivity index (χ4v) is 3.19. The Balaban J connectivity index is 1.86. The number of nitrogens with one attached hydrogen (secondary N) is 2. The number of esters is 1. The molecule has 1 aromatic heterocycles. The Labute approximate surface area is 193 Å². The summed E-state index contributed by atoms with van der Waals surface area (Å²) in [6, 6.07) is 14.8. The van der Waals surface area contributed by atoms with Crippen LogP contribution in [0.3, 0.4) is 0 Å². The molecule has 0 aliphatic carbocycles. The summed E-state index contributed by atoms with van der Waals surface area (Å²) in [4.78, 5) is 24.3. The van der Waals surface area contributed by atoms with E-state index < -0.39 is 11.8 Å². The van der Waals surface area contributed by atoms with Gasteiger partial charge in [-0.05, 0) is 43.2 Å². The molecule has 0 saturated carbocycles. The number of ether oxygens (including phenoxy) is 1. The van der Waals surface area contributed by atoms with Gasteiger partial charge < -0.3 is 10.1 Å². The number of nitrogens with zero attached hydrogens (tertiary/aromatic N) is 2. The number of aromatic nitrogens is 2. The fraction of sp³-hybridized carbons (Fsp3) is 0.320. The van der Waals surface area contributed by atoms with Crippen molar-refractivity contribution in [1.82, 2.24) is 9.78 Å². The molecule has 1 heterocycles. The van der Waals surface area contributed by atoms with Gasteiger partial charge in [-0.2, -0.15) is 5.10 Å². The van der Waals surface area contributed by atoms with E-state index >= 15 is 0 Å². The first-order valence-corrected chi connectivity index (χ1v) is 10.9. The average Bonchev–Trinajstić information content (AvgIpc) is 3.18. The highest BCUT2D eigenvalue weighted by molar-refractivity contribution is 5.99. The Hall–Kier alpha value is -3.68. The number of halogens is 1. The normalized spacial score (nSPS) is 11.2. The number of amides is 2.